The Kier molecular flexibility index (Phi) is 5.63. The van der Waals surface area contributed by atoms with Crippen LogP contribution in [0.5, 0.6) is 5.75 Å². The zero-order valence-electron chi connectivity index (χ0n) is 17.1. The number of nitrogens with zero attached hydrogens (tertiary/aromatic N) is 1. The quantitative estimate of drug-likeness (QED) is 0.339. The number of carbonyl (C=O) groups is 2. The number of fused-ring (bicyclic) bond motifs is 1. The molecule has 1 aromatic heterocycles. The summed E-state index contributed by atoms with van der Waals surface area (Å²) in [6.45, 7) is 3.24. The maximum atomic E-state index is 12.9. The highest BCUT2D eigenvalue weighted by molar-refractivity contribution is 6.46. The minimum absolute atomic E-state index is 0.0449. The maximum Gasteiger partial charge on any atom is 0.295 e. The van der Waals surface area contributed by atoms with Crippen LogP contribution in [0.2, 0.25) is 0 Å². The summed E-state index contributed by atoms with van der Waals surface area (Å²) in [5.41, 5.74) is 1.51. The Bertz CT molecular complexity index is 1000. The summed E-state index contributed by atoms with van der Waals surface area (Å²) >= 11 is 0. The molecule has 1 atom stereocenters. The van der Waals surface area contributed by atoms with Crippen LogP contribution in [0.15, 0.2) is 40.3 Å². The van der Waals surface area contributed by atoms with Crippen LogP contribution in [0, 0.1) is 6.92 Å². The van der Waals surface area contributed by atoms with Crippen LogP contribution < -0.4 is 4.74 Å². The molecule has 4 rings (SSSR count). The molecule has 3 heterocycles. The molecule has 2 aliphatic rings. The summed E-state index contributed by atoms with van der Waals surface area (Å²) in [5, 5.41) is 11.1. The maximum absolute atomic E-state index is 12.9. The van der Waals surface area contributed by atoms with Gasteiger partial charge in [0.2, 0.25) is 0 Å². The van der Waals surface area contributed by atoms with E-state index in [1.54, 1.807) is 38.3 Å². The van der Waals surface area contributed by atoms with E-state index in [1.165, 1.54) is 4.90 Å². The van der Waals surface area contributed by atoms with Crippen LogP contribution in [0.1, 0.15) is 41.5 Å². The average Bonchev–Trinajstić information content (AvgIpc) is 3.29. The van der Waals surface area contributed by atoms with Gasteiger partial charge in [-0.05, 0) is 62.1 Å². The molecule has 0 aliphatic carbocycles. The molecule has 7 heteroatoms. The van der Waals surface area contributed by atoms with Crippen LogP contribution in [0.25, 0.3) is 5.76 Å². The Morgan fingerprint density at radius 2 is 2.10 bits per heavy atom. The van der Waals surface area contributed by atoms with Crippen molar-refractivity contribution in [3.8, 4) is 5.75 Å². The number of hydrogen-bond donors (Lipinski definition) is 1. The molecule has 1 saturated heterocycles. The lowest BCUT2D eigenvalue weighted by molar-refractivity contribution is -0.140. The van der Waals surface area contributed by atoms with Crippen LogP contribution >= 0.6 is 0 Å². The monoisotopic (exact) mass is 411 g/mol. The van der Waals surface area contributed by atoms with E-state index in [1.807, 2.05) is 6.07 Å². The van der Waals surface area contributed by atoms with E-state index in [4.69, 9.17) is 13.9 Å². The highest BCUT2D eigenvalue weighted by Gasteiger charge is 2.47. The summed E-state index contributed by atoms with van der Waals surface area (Å²) in [5.74, 6) is 0.349. The van der Waals surface area contributed by atoms with Gasteiger partial charge >= 0.3 is 0 Å². The van der Waals surface area contributed by atoms with Gasteiger partial charge in [0, 0.05) is 25.8 Å². The molecular formula is C23H25NO6. The summed E-state index contributed by atoms with van der Waals surface area (Å²) < 4.78 is 16.5. The summed E-state index contributed by atoms with van der Waals surface area (Å²) in [6.07, 6.45) is 2.30. The number of likely N-dealkylation sites (tertiary alicyclic amines) is 1. The lowest BCUT2D eigenvalue weighted by Gasteiger charge is -2.23. The number of ketones is 1. The number of aryl methyl sites for hydroxylation is 2. The van der Waals surface area contributed by atoms with Crippen molar-refractivity contribution in [3.05, 3.63) is 58.6 Å². The van der Waals surface area contributed by atoms with Crippen molar-refractivity contribution >= 4 is 17.4 Å². The van der Waals surface area contributed by atoms with Crippen LogP contribution in [0.3, 0.4) is 0 Å². The number of Topliss-reactive ketones (excluding diaryl/α,β-unsaturated/α-hetero) is 1. The number of hydrogen-bond acceptors (Lipinski definition) is 6. The molecule has 1 N–H and O–H groups in total. The molecule has 0 spiro atoms. The Labute approximate surface area is 174 Å². The van der Waals surface area contributed by atoms with E-state index in [-0.39, 0.29) is 11.3 Å². The van der Waals surface area contributed by atoms with Gasteiger partial charge in [-0.2, -0.15) is 0 Å². The van der Waals surface area contributed by atoms with Gasteiger partial charge in [-0.1, -0.05) is 0 Å². The van der Waals surface area contributed by atoms with Crippen molar-refractivity contribution < 1.29 is 28.6 Å². The lowest BCUT2D eigenvalue weighted by Crippen LogP contribution is -2.31. The van der Waals surface area contributed by atoms with Gasteiger partial charge in [0.05, 0.1) is 12.2 Å². The van der Waals surface area contributed by atoms with Crippen LogP contribution in [-0.2, 0) is 20.7 Å². The minimum Gasteiger partial charge on any atom is -0.507 e. The molecule has 1 aromatic carbocycles. The normalized spacial score (nSPS) is 20.3. The summed E-state index contributed by atoms with van der Waals surface area (Å²) in [7, 11) is 1.58. The first-order valence-corrected chi connectivity index (χ1v) is 10.1. The third-order valence-corrected chi connectivity index (χ3v) is 5.50. The largest absolute Gasteiger partial charge is 0.507 e. The highest BCUT2D eigenvalue weighted by Crippen LogP contribution is 2.40. The van der Waals surface area contributed by atoms with Crippen molar-refractivity contribution in [2.24, 2.45) is 0 Å². The third-order valence-electron chi connectivity index (χ3n) is 5.50. The van der Waals surface area contributed by atoms with Crippen molar-refractivity contribution in [3.63, 3.8) is 0 Å². The van der Waals surface area contributed by atoms with E-state index in [0.29, 0.717) is 43.3 Å². The minimum atomic E-state index is -0.775. The number of carbonyl (C=O) groups excluding carboxylic acids is 2. The Balaban J connectivity index is 1.78. The topological polar surface area (TPSA) is 89.2 Å². The van der Waals surface area contributed by atoms with Gasteiger partial charge in [-0.15, -0.1) is 0 Å². The van der Waals surface area contributed by atoms with Gasteiger partial charge in [-0.25, -0.2) is 0 Å². The Hall–Kier alpha value is -3.06. The van der Waals surface area contributed by atoms with Crippen LogP contribution in [0.4, 0.5) is 0 Å². The molecule has 1 fully saturated rings. The average molecular weight is 411 g/mol. The highest BCUT2D eigenvalue weighted by atomic mass is 16.5. The number of methoxy groups -OCH3 is 1. The summed E-state index contributed by atoms with van der Waals surface area (Å²) in [4.78, 5) is 27.2. The zero-order chi connectivity index (χ0) is 21.3. The van der Waals surface area contributed by atoms with E-state index in [9.17, 15) is 14.7 Å². The smallest absolute Gasteiger partial charge is 0.295 e. The number of benzene rings is 1. The molecule has 2 aromatic rings. The van der Waals surface area contributed by atoms with Crippen LogP contribution in [-0.4, -0.2) is 48.6 Å². The fraction of sp³-hybridized carbons (Fsp3) is 0.391. The molecule has 2 aliphatic heterocycles. The molecule has 0 saturated carbocycles. The van der Waals surface area contributed by atoms with Crippen molar-refractivity contribution in [2.45, 2.75) is 32.2 Å². The first-order valence-electron chi connectivity index (χ1n) is 10.1. The third kappa shape index (κ3) is 3.61. The SMILES string of the molecule is COCCCN1C(=O)C(=O)/C(=C(\O)c2ccc3c(c2)CCCO3)C1c1ccc(C)o1. The molecule has 1 unspecified atom stereocenters. The van der Waals surface area contributed by atoms with Crippen molar-refractivity contribution in [1.29, 1.82) is 0 Å². The predicted octanol–water partition coefficient (Wildman–Crippen LogP) is 3.37. The standard InChI is InChI=1S/C23H25NO6/c1-14-6-8-18(30-14)20-19(22(26)23(27)24(20)10-4-11-28-2)21(25)16-7-9-17-15(13-16)5-3-12-29-17/h6-9,13,20,25H,3-5,10-12H2,1-2H3/b21-19-. The van der Waals surface area contributed by atoms with Gasteiger partial charge in [-0.3, -0.25) is 9.59 Å². The van der Waals surface area contributed by atoms with Gasteiger partial charge in [0.15, 0.2) is 0 Å². The van der Waals surface area contributed by atoms with Gasteiger partial charge in [0.25, 0.3) is 11.7 Å². The Morgan fingerprint density at radius 3 is 2.83 bits per heavy atom. The zero-order valence-corrected chi connectivity index (χ0v) is 17.1. The number of amides is 1. The molecule has 0 radical (unpaired) electrons. The van der Waals surface area contributed by atoms with E-state index < -0.39 is 17.7 Å². The molecule has 7 nitrogen and oxygen atoms in total. The second-order valence-corrected chi connectivity index (χ2v) is 7.56. The van der Waals surface area contributed by atoms with E-state index >= 15 is 0 Å². The predicted molar refractivity (Wildman–Crippen MR) is 109 cm³/mol. The molecule has 0 bridgehead atoms. The first-order chi connectivity index (χ1) is 14.5. The summed E-state index contributed by atoms with van der Waals surface area (Å²) in [6, 6.07) is 8.08. The number of ether oxygens (including phenoxy) is 2. The molecule has 158 valence electrons. The Morgan fingerprint density at radius 1 is 1.27 bits per heavy atom. The lowest BCUT2D eigenvalue weighted by atomic mass is 9.96. The van der Waals surface area contributed by atoms with E-state index in [0.717, 1.165) is 24.2 Å². The first kappa shape index (κ1) is 20.2. The number of rotatable bonds is 6. The second kappa shape index (κ2) is 8.36. The molecule has 30 heavy (non-hydrogen) atoms. The van der Waals surface area contributed by atoms with Gasteiger partial charge < -0.3 is 23.9 Å². The molecule has 1 amide bonds. The van der Waals surface area contributed by atoms with Crippen molar-refractivity contribution in [2.75, 3.05) is 26.9 Å². The fourth-order valence-corrected chi connectivity index (χ4v) is 4.05. The number of aliphatic hydroxyl groups excluding tert-OH is 1. The van der Waals surface area contributed by atoms with Crippen molar-refractivity contribution in [1.82, 2.24) is 4.90 Å². The number of aliphatic hydroxyl groups is 1. The number of furan rings is 1. The second-order valence-electron chi connectivity index (χ2n) is 7.56. The fourth-order valence-electron chi connectivity index (χ4n) is 4.05. The van der Waals surface area contributed by atoms with E-state index in [2.05, 4.69) is 0 Å². The molecular weight excluding hydrogens is 386 g/mol. The van der Waals surface area contributed by atoms with Gasteiger partial charge in [0.1, 0.15) is 29.1 Å².